The Balaban J connectivity index is 2.12. The quantitative estimate of drug-likeness (QED) is 0.567. The highest BCUT2D eigenvalue weighted by molar-refractivity contribution is 4.94. The van der Waals surface area contributed by atoms with Crippen molar-refractivity contribution in [3.8, 4) is 0 Å². The van der Waals surface area contributed by atoms with Crippen LogP contribution in [0, 0.1) is 0 Å². The second-order valence-electron chi connectivity index (χ2n) is 3.81. The summed E-state index contributed by atoms with van der Waals surface area (Å²) in [6.07, 6.45) is -2.33. The van der Waals surface area contributed by atoms with Crippen LogP contribution in [0.15, 0.2) is 0 Å². The van der Waals surface area contributed by atoms with Crippen LogP contribution in [0.2, 0.25) is 0 Å². The molecule has 5 nitrogen and oxygen atoms in total. The summed E-state index contributed by atoms with van der Waals surface area (Å²) >= 11 is 0. The van der Waals surface area contributed by atoms with Crippen molar-refractivity contribution in [3.63, 3.8) is 0 Å². The Labute approximate surface area is 76.2 Å². The fourth-order valence-corrected chi connectivity index (χ4v) is 1.81. The van der Waals surface area contributed by atoms with Gasteiger partial charge in [-0.25, -0.2) is 0 Å². The third-order valence-corrected chi connectivity index (χ3v) is 2.31. The van der Waals surface area contributed by atoms with Gasteiger partial charge in [-0.15, -0.1) is 0 Å². The first-order valence-electron chi connectivity index (χ1n) is 4.33. The van der Waals surface area contributed by atoms with Crippen LogP contribution >= 0.6 is 0 Å². The van der Waals surface area contributed by atoms with E-state index in [-0.39, 0.29) is 12.7 Å². The molecule has 2 heterocycles. The SMILES string of the molecule is CC1(C)OC2C(O)O[C@@H](CO)C2O1. The molecule has 2 N–H and O–H groups in total. The molecule has 0 aromatic heterocycles. The van der Waals surface area contributed by atoms with Gasteiger partial charge in [0.05, 0.1) is 6.61 Å². The fourth-order valence-electron chi connectivity index (χ4n) is 1.81. The van der Waals surface area contributed by atoms with E-state index in [1.54, 1.807) is 13.8 Å². The number of hydrogen-bond donors (Lipinski definition) is 2. The average Bonchev–Trinajstić information content (AvgIpc) is 2.47. The molecule has 2 saturated heterocycles. The molecule has 0 spiro atoms. The van der Waals surface area contributed by atoms with Gasteiger partial charge in [0.2, 0.25) is 0 Å². The summed E-state index contributed by atoms with van der Waals surface area (Å²) in [5.74, 6) is -0.701. The van der Waals surface area contributed by atoms with Gasteiger partial charge in [0.15, 0.2) is 12.1 Å². The van der Waals surface area contributed by atoms with Crippen LogP contribution in [0.25, 0.3) is 0 Å². The van der Waals surface area contributed by atoms with Crippen LogP contribution < -0.4 is 0 Å². The van der Waals surface area contributed by atoms with Crippen LogP contribution in [-0.2, 0) is 14.2 Å². The molecular weight excluding hydrogens is 176 g/mol. The summed E-state index contributed by atoms with van der Waals surface area (Å²) < 4.78 is 15.9. The van der Waals surface area contributed by atoms with E-state index >= 15 is 0 Å². The van der Waals surface area contributed by atoms with Gasteiger partial charge < -0.3 is 24.4 Å². The molecule has 0 radical (unpaired) electrons. The molecule has 76 valence electrons. The number of fused-ring (bicyclic) bond motifs is 1. The Hall–Kier alpha value is -0.200. The van der Waals surface area contributed by atoms with E-state index in [0.29, 0.717) is 0 Å². The maximum atomic E-state index is 9.39. The van der Waals surface area contributed by atoms with Gasteiger partial charge in [-0.05, 0) is 13.8 Å². The molecule has 0 saturated carbocycles. The van der Waals surface area contributed by atoms with Crippen LogP contribution in [0.1, 0.15) is 13.8 Å². The monoisotopic (exact) mass is 190 g/mol. The van der Waals surface area contributed by atoms with Gasteiger partial charge in [-0.3, -0.25) is 0 Å². The molecule has 0 aromatic rings. The average molecular weight is 190 g/mol. The van der Waals surface area contributed by atoms with E-state index in [4.69, 9.17) is 19.3 Å². The zero-order chi connectivity index (χ0) is 9.64. The maximum absolute atomic E-state index is 9.39. The van der Waals surface area contributed by atoms with Crippen molar-refractivity contribution in [1.29, 1.82) is 0 Å². The van der Waals surface area contributed by atoms with Crippen LogP contribution in [0.5, 0.6) is 0 Å². The topological polar surface area (TPSA) is 68.2 Å². The largest absolute Gasteiger partial charge is 0.394 e. The lowest BCUT2D eigenvalue weighted by Gasteiger charge is -2.21. The summed E-state index contributed by atoms with van der Waals surface area (Å²) in [6, 6.07) is 0. The van der Waals surface area contributed by atoms with Crippen molar-refractivity contribution >= 4 is 0 Å². The zero-order valence-corrected chi connectivity index (χ0v) is 7.64. The van der Waals surface area contributed by atoms with Gasteiger partial charge in [0.25, 0.3) is 0 Å². The second-order valence-corrected chi connectivity index (χ2v) is 3.81. The Bertz CT molecular complexity index is 205. The predicted molar refractivity (Wildman–Crippen MR) is 41.8 cm³/mol. The highest BCUT2D eigenvalue weighted by Crippen LogP contribution is 2.37. The van der Waals surface area contributed by atoms with E-state index in [1.807, 2.05) is 0 Å². The Kier molecular flexibility index (Phi) is 2.08. The molecule has 2 rings (SSSR count). The molecular formula is C8H14O5. The molecule has 0 aliphatic carbocycles. The van der Waals surface area contributed by atoms with E-state index in [1.165, 1.54) is 0 Å². The minimum absolute atomic E-state index is 0.169. The number of ether oxygens (including phenoxy) is 3. The number of aliphatic hydroxyl groups excluding tert-OH is 2. The van der Waals surface area contributed by atoms with Crippen molar-refractivity contribution < 1.29 is 24.4 Å². The molecule has 2 aliphatic heterocycles. The lowest BCUT2D eigenvalue weighted by Crippen LogP contribution is -2.31. The molecule has 4 atom stereocenters. The first kappa shape index (κ1) is 9.36. The lowest BCUT2D eigenvalue weighted by molar-refractivity contribution is -0.223. The summed E-state index contributed by atoms with van der Waals surface area (Å²) in [5.41, 5.74) is 0. The maximum Gasteiger partial charge on any atom is 0.184 e. The highest BCUT2D eigenvalue weighted by Gasteiger charge is 2.54. The molecule has 0 amide bonds. The van der Waals surface area contributed by atoms with Crippen molar-refractivity contribution in [2.75, 3.05) is 6.61 Å². The van der Waals surface area contributed by atoms with Crippen LogP contribution in [-0.4, -0.2) is 47.2 Å². The van der Waals surface area contributed by atoms with Crippen LogP contribution in [0.4, 0.5) is 0 Å². The highest BCUT2D eigenvalue weighted by atomic mass is 16.8. The molecule has 0 aromatic carbocycles. The first-order chi connectivity index (χ1) is 6.03. The lowest BCUT2D eigenvalue weighted by atomic mass is 10.1. The molecule has 13 heavy (non-hydrogen) atoms. The van der Waals surface area contributed by atoms with Crippen molar-refractivity contribution in [1.82, 2.24) is 0 Å². The van der Waals surface area contributed by atoms with Gasteiger partial charge in [-0.1, -0.05) is 0 Å². The minimum Gasteiger partial charge on any atom is -0.394 e. The van der Waals surface area contributed by atoms with Gasteiger partial charge in [0.1, 0.15) is 18.3 Å². The third kappa shape index (κ3) is 1.47. The van der Waals surface area contributed by atoms with E-state index in [9.17, 15) is 5.11 Å². The minimum atomic E-state index is -0.996. The summed E-state index contributed by atoms with van der Waals surface area (Å²) in [7, 11) is 0. The first-order valence-corrected chi connectivity index (χ1v) is 4.33. The molecule has 2 aliphatic rings. The van der Waals surface area contributed by atoms with E-state index in [0.717, 1.165) is 0 Å². The number of aliphatic hydroxyl groups is 2. The fraction of sp³-hybridized carbons (Fsp3) is 1.00. The number of rotatable bonds is 1. The molecule has 2 fully saturated rings. The Morgan fingerprint density at radius 2 is 1.85 bits per heavy atom. The van der Waals surface area contributed by atoms with Gasteiger partial charge >= 0.3 is 0 Å². The Morgan fingerprint density at radius 1 is 1.23 bits per heavy atom. The number of hydrogen-bond acceptors (Lipinski definition) is 5. The van der Waals surface area contributed by atoms with E-state index in [2.05, 4.69) is 0 Å². The van der Waals surface area contributed by atoms with Gasteiger partial charge in [-0.2, -0.15) is 0 Å². The predicted octanol–water partition coefficient (Wildman–Crippen LogP) is -0.784. The van der Waals surface area contributed by atoms with Crippen molar-refractivity contribution in [3.05, 3.63) is 0 Å². The zero-order valence-electron chi connectivity index (χ0n) is 7.64. The normalized spacial score (nSPS) is 48.0. The van der Waals surface area contributed by atoms with Crippen molar-refractivity contribution in [2.24, 2.45) is 0 Å². The smallest absolute Gasteiger partial charge is 0.184 e. The summed E-state index contributed by atoms with van der Waals surface area (Å²) in [5, 5.41) is 18.3. The van der Waals surface area contributed by atoms with Crippen molar-refractivity contribution in [2.45, 2.75) is 44.2 Å². The summed E-state index contributed by atoms with van der Waals surface area (Å²) in [4.78, 5) is 0. The standard InChI is InChI=1S/C8H14O5/c1-8(2)12-5-4(3-9)11-7(10)6(5)13-8/h4-7,9-10H,3H2,1-2H3/t4-,5?,6?,7?/m0/s1. The van der Waals surface area contributed by atoms with Crippen LogP contribution in [0.3, 0.4) is 0 Å². The molecule has 3 unspecified atom stereocenters. The Morgan fingerprint density at radius 3 is 2.46 bits per heavy atom. The summed E-state index contributed by atoms with van der Waals surface area (Å²) in [6.45, 7) is 3.37. The second kappa shape index (κ2) is 2.90. The van der Waals surface area contributed by atoms with Gasteiger partial charge in [0, 0.05) is 0 Å². The molecule has 0 bridgehead atoms. The van der Waals surface area contributed by atoms with E-state index < -0.39 is 24.3 Å². The molecule has 5 heteroatoms. The third-order valence-electron chi connectivity index (χ3n) is 2.31.